The van der Waals surface area contributed by atoms with Gasteiger partial charge in [-0.15, -0.1) is 0 Å². The lowest BCUT2D eigenvalue weighted by Gasteiger charge is -2.23. The lowest BCUT2D eigenvalue weighted by Crippen LogP contribution is -2.37. The van der Waals surface area contributed by atoms with Crippen LogP contribution in [-0.2, 0) is 4.74 Å². The molecule has 1 fully saturated rings. The Morgan fingerprint density at radius 3 is 2.43 bits per heavy atom. The number of ether oxygens (including phenoxy) is 1. The van der Waals surface area contributed by atoms with E-state index < -0.39 is 17.7 Å². The second-order valence-electron chi connectivity index (χ2n) is 5.18. The van der Waals surface area contributed by atoms with Gasteiger partial charge < -0.3 is 10.5 Å². The Kier molecular flexibility index (Phi) is 4.35. The lowest BCUT2D eigenvalue weighted by atomic mass is 9.95. The number of carbonyl (C=O) groups excluding carboxylic acids is 2. The van der Waals surface area contributed by atoms with Gasteiger partial charge in [0.1, 0.15) is 0 Å². The van der Waals surface area contributed by atoms with Crippen molar-refractivity contribution in [3.8, 4) is 0 Å². The summed E-state index contributed by atoms with van der Waals surface area (Å²) in [4.78, 5) is 35.5. The summed E-state index contributed by atoms with van der Waals surface area (Å²) in [7, 11) is 1.18. The van der Waals surface area contributed by atoms with Crippen LogP contribution in [0.1, 0.15) is 54.3 Å². The standard InChI is InChI=1S/C13H20N4O4/c1-8-10(11(14)18)17(15-12(19)21-2)13(20)16(8)9-6-4-3-5-7-9/h9H,3-7H2,1-2H3,(H2,14,18)(H,15,19). The number of amides is 2. The predicted octanol–water partition coefficient (Wildman–Crippen LogP) is 0.872. The first kappa shape index (κ1) is 15.1. The molecular weight excluding hydrogens is 276 g/mol. The summed E-state index contributed by atoms with van der Waals surface area (Å²) in [6.07, 6.45) is 4.15. The third kappa shape index (κ3) is 2.79. The molecular formula is C13H20N4O4. The van der Waals surface area contributed by atoms with Gasteiger partial charge in [-0.3, -0.25) is 9.36 Å². The summed E-state index contributed by atoms with van der Waals surface area (Å²) in [6.45, 7) is 1.66. The smallest absolute Gasteiger partial charge is 0.426 e. The number of hydrogen-bond acceptors (Lipinski definition) is 4. The van der Waals surface area contributed by atoms with Gasteiger partial charge in [-0.05, 0) is 19.8 Å². The third-order valence-corrected chi connectivity index (χ3v) is 3.89. The van der Waals surface area contributed by atoms with E-state index in [1.54, 1.807) is 11.5 Å². The molecule has 0 unspecified atom stereocenters. The van der Waals surface area contributed by atoms with Gasteiger partial charge in [0.05, 0.1) is 12.8 Å². The van der Waals surface area contributed by atoms with E-state index in [1.165, 1.54) is 7.11 Å². The van der Waals surface area contributed by atoms with E-state index in [4.69, 9.17) is 5.73 Å². The van der Waals surface area contributed by atoms with Gasteiger partial charge >= 0.3 is 11.8 Å². The summed E-state index contributed by atoms with van der Waals surface area (Å²) in [5.41, 5.74) is 7.55. The molecule has 116 valence electrons. The van der Waals surface area contributed by atoms with Crippen molar-refractivity contribution in [3.05, 3.63) is 21.9 Å². The number of hydrogen-bond donors (Lipinski definition) is 2. The molecule has 0 radical (unpaired) electrons. The minimum atomic E-state index is -0.833. The van der Waals surface area contributed by atoms with Crippen molar-refractivity contribution in [2.24, 2.45) is 5.73 Å². The van der Waals surface area contributed by atoms with Crippen LogP contribution in [0.25, 0.3) is 0 Å². The Hall–Kier alpha value is -2.25. The molecule has 1 saturated carbocycles. The highest BCUT2D eigenvalue weighted by Crippen LogP contribution is 2.28. The summed E-state index contributed by atoms with van der Waals surface area (Å²) in [5.74, 6) is -0.768. The number of primary amides is 1. The SMILES string of the molecule is COC(=O)Nn1c(C(N)=O)c(C)n(C2CCCCC2)c1=O. The number of nitrogens with zero attached hydrogens (tertiary/aromatic N) is 2. The second kappa shape index (κ2) is 6.02. The zero-order valence-corrected chi connectivity index (χ0v) is 12.2. The quantitative estimate of drug-likeness (QED) is 0.862. The Morgan fingerprint density at radius 1 is 1.29 bits per heavy atom. The van der Waals surface area contributed by atoms with Gasteiger partial charge in [0.25, 0.3) is 5.91 Å². The minimum absolute atomic E-state index is 0.0176. The van der Waals surface area contributed by atoms with E-state index >= 15 is 0 Å². The highest BCUT2D eigenvalue weighted by Gasteiger charge is 2.27. The van der Waals surface area contributed by atoms with Crippen LogP contribution in [0.15, 0.2) is 4.79 Å². The molecule has 1 aliphatic carbocycles. The number of imidazole rings is 1. The van der Waals surface area contributed by atoms with Crippen molar-refractivity contribution in [3.63, 3.8) is 0 Å². The van der Waals surface area contributed by atoms with Crippen molar-refractivity contribution in [1.82, 2.24) is 9.24 Å². The van der Waals surface area contributed by atoms with E-state index in [0.29, 0.717) is 5.69 Å². The van der Waals surface area contributed by atoms with Crippen molar-refractivity contribution < 1.29 is 14.3 Å². The number of nitrogens with one attached hydrogen (secondary N) is 1. The molecule has 1 aliphatic rings. The highest BCUT2D eigenvalue weighted by molar-refractivity contribution is 5.93. The number of aromatic nitrogens is 2. The Bertz CT molecular complexity index is 610. The van der Waals surface area contributed by atoms with E-state index in [2.05, 4.69) is 10.2 Å². The number of carbonyl (C=O) groups is 2. The van der Waals surface area contributed by atoms with Crippen LogP contribution in [-0.4, -0.2) is 28.4 Å². The first-order valence-electron chi connectivity index (χ1n) is 6.96. The molecule has 1 heterocycles. The Labute approximate surface area is 121 Å². The molecule has 2 rings (SSSR count). The molecule has 0 aromatic carbocycles. The topological polar surface area (TPSA) is 108 Å². The van der Waals surface area contributed by atoms with Gasteiger partial charge in [-0.25, -0.2) is 15.0 Å². The molecule has 0 atom stereocenters. The van der Waals surface area contributed by atoms with Gasteiger partial charge in [0.2, 0.25) is 0 Å². The van der Waals surface area contributed by atoms with E-state index in [1.807, 2.05) is 0 Å². The van der Waals surface area contributed by atoms with Crippen LogP contribution in [0.2, 0.25) is 0 Å². The molecule has 21 heavy (non-hydrogen) atoms. The fourth-order valence-corrected chi connectivity index (χ4v) is 2.92. The minimum Gasteiger partial charge on any atom is -0.452 e. The summed E-state index contributed by atoms with van der Waals surface area (Å²) < 4.78 is 6.89. The van der Waals surface area contributed by atoms with Crippen LogP contribution < -0.4 is 16.8 Å². The first-order valence-corrected chi connectivity index (χ1v) is 6.96. The summed E-state index contributed by atoms with van der Waals surface area (Å²) in [6, 6.07) is 0.0325. The van der Waals surface area contributed by atoms with E-state index in [9.17, 15) is 14.4 Å². The van der Waals surface area contributed by atoms with Gasteiger partial charge in [0, 0.05) is 6.04 Å². The first-order chi connectivity index (χ1) is 9.97. The third-order valence-electron chi connectivity index (χ3n) is 3.89. The fraction of sp³-hybridized carbons (Fsp3) is 0.615. The van der Waals surface area contributed by atoms with Gasteiger partial charge in [-0.2, -0.15) is 4.68 Å². The number of methoxy groups -OCH3 is 1. The molecule has 8 nitrogen and oxygen atoms in total. The summed E-state index contributed by atoms with van der Waals surface area (Å²) in [5, 5.41) is 0. The fourth-order valence-electron chi connectivity index (χ4n) is 2.92. The maximum atomic E-state index is 12.5. The zero-order valence-electron chi connectivity index (χ0n) is 12.2. The van der Waals surface area contributed by atoms with Crippen molar-refractivity contribution in [2.75, 3.05) is 12.5 Å². The monoisotopic (exact) mass is 296 g/mol. The Morgan fingerprint density at radius 2 is 1.90 bits per heavy atom. The summed E-state index contributed by atoms with van der Waals surface area (Å²) >= 11 is 0. The van der Waals surface area contributed by atoms with Crippen LogP contribution in [0.3, 0.4) is 0 Å². The molecule has 2 amide bonds. The molecule has 3 N–H and O–H groups in total. The van der Waals surface area contributed by atoms with Crippen molar-refractivity contribution >= 4 is 12.0 Å². The predicted molar refractivity (Wildman–Crippen MR) is 75.8 cm³/mol. The number of rotatable bonds is 3. The average molecular weight is 296 g/mol. The van der Waals surface area contributed by atoms with Crippen LogP contribution in [0.4, 0.5) is 4.79 Å². The maximum Gasteiger partial charge on any atom is 0.426 e. The molecule has 0 bridgehead atoms. The lowest BCUT2D eigenvalue weighted by molar-refractivity contribution is 0.0991. The molecule has 0 saturated heterocycles. The van der Waals surface area contributed by atoms with Crippen LogP contribution >= 0.6 is 0 Å². The van der Waals surface area contributed by atoms with Gasteiger partial charge in [0.15, 0.2) is 5.69 Å². The van der Waals surface area contributed by atoms with Crippen molar-refractivity contribution in [1.29, 1.82) is 0 Å². The second-order valence-corrected chi connectivity index (χ2v) is 5.18. The van der Waals surface area contributed by atoms with Crippen LogP contribution in [0, 0.1) is 6.92 Å². The van der Waals surface area contributed by atoms with Gasteiger partial charge in [-0.1, -0.05) is 19.3 Å². The zero-order chi connectivity index (χ0) is 15.6. The molecule has 0 spiro atoms. The largest absolute Gasteiger partial charge is 0.452 e. The van der Waals surface area contributed by atoms with Crippen molar-refractivity contribution in [2.45, 2.75) is 45.1 Å². The molecule has 1 aromatic heterocycles. The maximum absolute atomic E-state index is 12.5. The number of nitrogens with two attached hydrogens (primary N) is 1. The highest BCUT2D eigenvalue weighted by atomic mass is 16.5. The average Bonchev–Trinajstić information content (AvgIpc) is 2.71. The molecule has 1 aromatic rings. The van der Waals surface area contributed by atoms with E-state index in [-0.39, 0.29) is 11.7 Å². The Balaban J connectivity index is 2.51. The van der Waals surface area contributed by atoms with Crippen LogP contribution in [0.5, 0.6) is 0 Å². The van der Waals surface area contributed by atoms with E-state index in [0.717, 1.165) is 36.8 Å². The molecule has 8 heteroatoms. The normalized spacial score (nSPS) is 15.7. The molecule has 0 aliphatic heterocycles.